The highest BCUT2D eigenvalue weighted by Gasteiger charge is 2.29. The van der Waals surface area contributed by atoms with Crippen LogP contribution < -0.4 is 10.1 Å². The number of unbranched alkanes of at least 4 members (excludes halogenated alkanes) is 1. The van der Waals surface area contributed by atoms with Gasteiger partial charge in [0, 0.05) is 6.07 Å². The first kappa shape index (κ1) is 16.4. The van der Waals surface area contributed by atoms with Crippen molar-refractivity contribution >= 4 is 5.97 Å². The predicted molar refractivity (Wildman–Crippen MR) is 75.6 cm³/mol. The summed E-state index contributed by atoms with van der Waals surface area (Å²) in [5.41, 5.74) is -0.320. The van der Waals surface area contributed by atoms with Gasteiger partial charge in [-0.25, -0.2) is 4.39 Å². The Labute approximate surface area is 119 Å². The van der Waals surface area contributed by atoms with Crippen LogP contribution >= 0.6 is 0 Å². The maximum Gasteiger partial charge on any atom is 0.323 e. The number of benzene rings is 1. The normalized spacial score (nSPS) is 13.8. The molecule has 5 heteroatoms. The van der Waals surface area contributed by atoms with E-state index in [0.717, 1.165) is 12.8 Å². The quantitative estimate of drug-likeness (QED) is 0.720. The zero-order chi connectivity index (χ0) is 15.2. The van der Waals surface area contributed by atoms with E-state index in [1.165, 1.54) is 6.07 Å². The Bertz CT molecular complexity index is 464. The van der Waals surface area contributed by atoms with E-state index in [0.29, 0.717) is 24.3 Å². The monoisotopic (exact) mass is 283 g/mol. The molecule has 0 fully saturated rings. The maximum absolute atomic E-state index is 13.3. The van der Waals surface area contributed by atoms with E-state index >= 15 is 0 Å². The standard InChI is InChI=1S/C15H22FNO3/c1-11-6-7-12(10-13(11)16)20-9-5-4-8-15(2,17-3)14(18)19/h6-7,10,17H,4-5,8-9H2,1-3H3,(H,18,19). The van der Waals surface area contributed by atoms with Crippen molar-refractivity contribution in [3.05, 3.63) is 29.6 Å². The minimum atomic E-state index is -0.907. The van der Waals surface area contributed by atoms with E-state index in [9.17, 15) is 9.18 Å². The molecule has 0 bridgehead atoms. The fourth-order valence-corrected chi connectivity index (χ4v) is 1.77. The molecule has 1 aromatic rings. The third kappa shape index (κ3) is 4.49. The molecule has 1 aromatic carbocycles. The number of rotatable bonds is 8. The van der Waals surface area contributed by atoms with E-state index in [1.54, 1.807) is 33.0 Å². The number of hydrogen-bond acceptors (Lipinski definition) is 3. The van der Waals surface area contributed by atoms with Crippen LogP contribution in [-0.2, 0) is 4.79 Å². The molecule has 4 nitrogen and oxygen atoms in total. The van der Waals surface area contributed by atoms with Crippen LogP contribution in [0.15, 0.2) is 18.2 Å². The smallest absolute Gasteiger partial charge is 0.323 e. The van der Waals surface area contributed by atoms with Gasteiger partial charge in [0.2, 0.25) is 0 Å². The predicted octanol–water partition coefficient (Wildman–Crippen LogP) is 2.75. The zero-order valence-corrected chi connectivity index (χ0v) is 12.2. The van der Waals surface area contributed by atoms with Crippen LogP contribution in [0.1, 0.15) is 31.7 Å². The van der Waals surface area contributed by atoms with Gasteiger partial charge in [-0.3, -0.25) is 4.79 Å². The first-order valence-electron chi connectivity index (χ1n) is 6.70. The zero-order valence-electron chi connectivity index (χ0n) is 12.2. The highest BCUT2D eigenvalue weighted by atomic mass is 19.1. The summed E-state index contributed by atoms with van der Waals surface area (Å²) in [5.74, 6) is -0.639. The molecular weight excluding hydrogens is 261 g/mol. The molecule has 20 heavy (non-hydrogen) atoms. The van der Waals surface area contributed by atoms with Crippen molar-refractivity contribution in [1.29, 1.82) is 0 Å². The first-order chi connectivity index (χ1) is 9.39. The van der Waals surface area contributed by atoms with E-state index in [1.807, 2.05) is 0 Å². The molecule has 1 atom stereocenters. The number of likely N-dealkylation sites (N-methyl/N-ethyl adjacent to an activating group) is 1. The molecule has 0 aliphatic rings. The number of ether oxygens (including phenoxy) is 1. The summed E-state index contributed by atoms with van der Waals surface area (Å²) in [6, 6.07) is 4.77. The Morgan fingerprint density at radius 1 is 1.45 bits per heavy atom. The van der Waals surface area contributed by atoms with Crippen molar-refractivity contribution in [3.63, 3.8) is 0 Å². The molecule has 0 heterocycles. The fourth-order valence-electron chi connectivity index (χ4n) is 1.77. The lowest BCUT2D eigenvalue weighted by atomic mass is 9.95. The van der Waals surface area contributed by atoms with Gasteiger partial charge in [0.1, 0.15) is 17.1 Å². The van der Waals surface area contributed by atoms with Crippen LogP contribution in [0.25, 0.3) is 0 Å². The third-order valence-corrected chi connectivity index (χ3v) is 3.51. The molecule has 1 unspecified atom stereocenters. The summed E-state index contributed by atoms with van der Waals surface area (Å²) in [5, 5.41) is 11.9. The van der Waals surface area contributed by atoms with Crippen LogP contribution in [0.3, 0.4) is 0 Å². The Morgan fingerprint density at radius 2 is 2.15 bits per heavy atom. The van der Waals surface area contributed by atoms with Crippen LogP contribution in [0, 0.1) is 12.7 Å². The minimum Gasteiger partial charge on any atom is -0.493 e. The maximum atomic E-state index is 13.3. The van der Waals surface area contributed by atoms with E-state index < -0.39 is 11.5 Å². The summed E-state index contributed by atoms with van der Waals surface area (Å²) < 4.78 is 18.7. The number of aliphatic carboxylic acids is 1. The molecule has 2 N–H and O–H groups in total. The van der Waals surface area contributed by atoms with Gasteiger partial charge < -0.3 is 15.2 Å². The number of nitrogens with one attached hydrogen (secondary N) is 1. The van der Waals surface area contributed by atoms with Gasteiger partial charge >= 0.3 is 5.97 Å². The lowest BCUT2D eigenvalue weighted by molar-refractivity contribution is -0.144. The third-order valence-electron chi connectivity index (χ3n) is 3.51. The van der Waals surface area contributed by atoms with E-state index in [4.69, 9.17) is 9.84 Å². The highest BCUT2D eigenvalue weighted by Crippen LogP contribution is 2.17. The number of hydrogen-bond donors (Lipinski definition) is 2. The Hall–Kier alpha value is -1.62. The number of carboxylic acids is 1. The molecule has 0 saturated carbocycles. The second kappa shape index (κ2) is 7.24. The van der Waals surface area contributed by atoms with Crippen molar-refractivity contribution in [2.24, 2.45) is 0 Å². The number of aryl methyl sites for hydroxylation is 1. The highest BCUT2D eigenvalue weighted by molar-refractivity contribution is 5.78. The van der Waals surface area contributed by atoms with Crippen LogP contribution in [0.5, 0.6) is 5.75 Å². The van der Waals surface area contributed by atoms with Crippen molar-refractivity contribution in [3.8, 4) is 5.75 Å². The van der Waals surface area contributed by atoms with Gasteiger partial charge in [-0.1, -0.05) is 6.07 Å². The Balaban J connectivity index is 2.31. The largest absolute Gasteiger partial charge is 0.493 e. The topological polar surface area (TPSA) is 58.6 Å². The Morgan fingerprint density at radius 3 is 2.70 bits per heavy atom. The molecule has 0 aliphatic carbocycles. The SMILES string of the molecule is CNC(C)(CCCCOc1ccc(C)c(F)c1)C(=O)O. The van der Waals surface area contributed by atoms with Crippen LogP contribution in [0.4, 0.5) is 4.39 Å². The van der Waals surface area contributed by atoms with Crippen LogP contribution in [-0.4, -0.2) is 30.3 Å². The molecule has 112 valence electrons. The summed E-state index contributed by atoms with van der Waals surface area (Å²) in [6.07, 6.45) is 1.96. The molecule has 0 amide bonds. The molecule has 0 aliphatic heterocycles. The molecule has 0 aromatic heterocycles. The fraction of sp³-hybridized carbons (Fsp3) is 0.533. The second-order valence-electron chi connectivity index (χ2n) is 5.10. The average Bonchev–Trinajstić information content (AvgIpc) is 2.41. The molecular formula is C15H22FNO3. The van der Waals surface area contributed by atoms with Gasteiger partial charge in [-0.2, -0.15) is 0 Å². The average molecular weight is 283 g/mol. The van der Waals surface area contributed by atoms with Crippen molar-refractivity contribution in [2.75, 3.05) is 13.7 Å². The lowest BCUT2D eigenvalue weighted by Gasteiger charge is -2.23. The van der Waals surface area contributed by atoms with Gasteiger partial charge in [-0.15, -0.1) is 0 Å². The second-order valence-corrected chi connectivity index (χ2v) is 5.10. The van der Waals surface area contributed by atoms with Crippen molar-refractivity contribution < 1.29 is 19.0 Å². The van der Waals surface area contributed by atoms with Gasteiger partial charge in [-0.05, 0) is 51.8 Å². The molecule has 1 rings (SSSR count). The molecule has 0 radical (unpaired) electrons. The van der Waals surface area contributed by atoms with E-state index in [2.05, 4.69) is 5.32 Å². The van der Waals surface area contributed by atoms with Crippen molar-refractivity contribution in [2.45, 2.75) is 38.6 Å². The van der Waals surface area contributed by atoms with Gasteiger partial charge in [0.05, 0.1) is 6.61 Å². The lowest BCUT2D eigenvalue weighted by Crippen LogP contribution is -2.47. The minimum absolute atomic E-state index is 0.281. The van der Waals surface area contributed by atoms with E-state index in [-0.39, 0.29) is 5.82 Å². The Kier molecular flexibility index (Phi) is 5.95. The number of carbonyl (C=O) groups is 1. The molecule has 0 saturated heterocycles. The number of carboxylic acid groups (broad SMARTS) is 1. The van der Waals surface area contributed by atoms with Crippen molar-refractivity contribution in [1.82, 2.24) is 5.32 Å². The summed E-state index contributed by atoms with van der Waals surface area (Å²) in [6.45, 7) is 3.80. The summed E-state index contributed by atoms with van der Waals surface area (Å²) in [4.78, 5) is 11.1. The molecule has 0 spiro atoms. The van der Waals surface area contributed by atoms with Gasteiger partial charge in [0.15, 0.2) is 0 Å². The van der Waals surface area contributed by atoms with Gasteiger partial charge in [0.25, 0.3) is 0 Å². The first-order valence-corrected chi connectivity index (χ1v) is 6.70. The summed E-state index contributed by atoms with van der Waals surface area (Å²) >= 11 is 0. The summed E-state index contributed by atoms with van der Waals surface area (Å²) in [7, 11) is 1.64. The number of halogens is 1. The van der Waals surface area contributed by atoms with Crippen LogP contribution in [0.2, 0.25) is 0 Å².